The van der Waals surface area contributed by atoms with Gasteiger partial charge < -0.3 is 5.32 Å². The Labute approximate surface area is 171 Å². The molecular formula is C20H27N5O3S. The van der Waals surface area contributed by atoms with Crippen molar-refractivity contribution in [2.24, 2.45) is 5.84 Å². The molecule has 0 spiro atoms. The van der Waals surface area contributed by atoms with Crippen LogP contribution in [0.25, 0.3) is 0 Å². The lowest BCUT2D eigenvalue weighted by atomic mass is 10.1. The largest absolute Gasteiger partial charge is 0.309 e. The predicted octanol–water partition coefficient (Wildman–Crippen LogP) is 1.22. The third-order valence-electron chi connectivity index (χ3n) is 4.85. The molecule has 1 amide bonds. The molecule has 0 aliphatic carbocycles. The second kappa shape index (κ2) is 8.91. The highest BCUT2D eigenvalue weighted by atomic mass is 32.2. The number of nitrogen functional groups attached to an aromatic ring is 1. The highest BCUT2D eigenvalue weighted by molar-refractivity contribution is 7.90. The molecule has 0 radical (unpaired) electrons. The molecule has 1 saturated heterocycles. The van der Waals surface area contributed by atoms with Gasteiger partial charge in [0.05, 0.1) is 12.2 Å². The molecule has 0 aromatic heterocycles. The van der Waals surface area contributed by atoms with Crippen LogP contribution in [0.4, 0.5) is 5.69 Å². The summed E-state index contributed by atoms with van der Waals surface area (Å²) in [5, 5.41) is 3.36. The van der Waals surface area contributed by atoms with Crippen molar-refractivity contribution < 1.29 is 13.2 Å². The van der Waals surface area contributed by atoms with Gasteiger partial charge in [0, 0.05) is 30.7 Å². The van der Waals surface area contributed by atoms with Crippen molar-refractivity contribution in [3.05, 3.63) is 65.7 Å². The number of carbonyl (C=O) groups is 1. The Bertz CT molecular complexity index is 924. The molecule has 1 heterocycles. The Morgan fingerprint density at radius 1 is 1.10 bits per heavy atom. The third-order valence-corrected chi connectivity index (χ3v) is 6.69. The van der Waals surface area contributed by atoms with E-state index < -0.39 is 16.1 Å². The number of carbonyl (C=O) groups excluding carboxylic acids is 1. The van der Waals surface area contributed by atoms with Gasteiger partial charge in [0.25, 0.3) is 5.91 Å². The summed E-state index contributed by atoms with van der Waals surface area (Å²) in [4.78, 5) is 11.6. The Hall–Kier alpha value is -2.46. The molecule has 3 rings (SSSR count). The van der Waals surface area contributed by atoms with E-state index in [9.17, 15) is 13.2 Å². The fraction of sp³-hybridized carbons (Fsp3) is 0.350. The summed E-state index contributed by atoms with van der Waals surface area (Å²) in [5.74, 6) is 4.77. The summed E-state index contributed by atoms with van der Waals surface area (Å²) >= 11 is 0. The highest BCUT2D eigenvalue weighted by Gasteiger charge is 2.35. The Morgan fingerprint density at radius 2 is 1.69 bits per heavy atom. The molecule has 0 unspecified atom stereocenters. The maximum absolute atomic E-state index is 13.5. The van der Waals surface area contributed by atoms with Gasteiger partial charge >= 0.3 is 10.2 Å². The average molecular weight is 418 g/mol. The molecule has 1 fully saturated rings. The van der Waals surface area contributed by atoms with Crippen LogP contribution in [0.15, 0.2) is 54.6 Å². The van der Waals surface area contributed by atoms with E-state index in [2.05, 4.69) is 10.7 Å². The molecule has 29 heavy (non-hydrogen) atoms. The van der Waals surface area contributed by atoms with E-state index in [4.69, 9.17) is 5.84 Å². The van der Waals surface area contributed by atoms with E-state index >= 15 is 0 Å². The number of hydrogen-bond donors (Lipinski definition) is 3. The van der Waals surface area contributed by atoms with Crippen LogP contribution >= 0.6 is 0 Å². The average Bonchev–Trinajstić information content (AvgIpc) is 2.71. The second-order valence-electron chi connectivity index (χ2n) is 7.31. The Kier molecular flexibility index (Phi) is 6.53. The first-order chi connectivity index (χ1) is 13.8. The SMILES string of the molecule is C[C@@H]1CN(S(=O)(=O)N(Cc2ccc(C(=O)NN)cc2)c2ccccc2)C[C@H](C)N1. The van der Waals surface area contributed by atoms with Crippen LogP contribution in [0.5, 0.6) is 0 Å². The number of hydrazine groups is 1. The van der Waals surface area contributed by atoms with E-state index in [1.54, 1.807) is 36.4 Å². The van der Waals surface area contributed by atoms with Crippen molar-refractivity contribution in [1.29, 1.82) is 0 Å². The third kappa shape index (κ3) is 4.94. The van der Waals surface area contributed by atoms with Gasteiger partial charge in [-0.1, -0.05) is 30.3 Å². The molecule has 0 saturated carbocycles. The fourth-order valence-electron chi connectivity index (χ4n) is 3.52. The predicted molar refractivity (Wildman–Crippen MR) is 113 cm³/mol. The number of nitrogens with two attached hydrogens (primary N) is 1. The lowest BCUT2D eigenvalue weighted by molar-refractivity contribution is 0.0953. The number of benzene rings is 2. The zero-order chi connectivity index (χ0) is 21.0. The quantitative estimate of drug-likeness (QED) is 0.372. The molecule has 1 aliphatic heterocycles. The van der Waals surface area contributed by atoms with Crippen molar-refractivity contribution in [2.45, 2.75) is 32.5 Å². The van der Waals surface area contributed by atoms with Gasteiger partial charge in [-0.2, -0.15) is 12.7 Å². The molecule has 156 valence electrons. The minimum Gasteiger partial charge on any atom is -0.309 e. The van der Waals surface area contributed by atoms with Crippen LogP contribution in [-0.4, -0.2) is 43.8 Å². The lowest BCUT2D eigenvalue weighted by Crippen LogP contribution is -2.58. The number of para-hydroxylation sites is 1. The van der Waals surface area contributed by atoms with Gasteiger partial charge in [0.1, 0.15) is 0 Å². The summed E-state index contributed by atoms with van der Waals surface area (Å²) in [6, 6.07) is 15.9. The first-order valence-corrected chi connectivity index (χ1v) is 10.9. The Balaban J connectivity index is 1.92. The molecule has 9 heteroatoms. The monoisotopic (exact) mass is 417 g/mol. The van der Waals surface area contributed by atoms with E-state index in [1.165, 1.54) is 8.61 Å². The van der Waals surface area contributed by atoms with Crippen LogP contribution in [0.3, 0.4) is 0 Å². The summed E-state index contributed by atoms with van der Waals surface area (Å²) in [5.41, 5.74) is 3.86. The zero-order valence-electron chi connectivity index (χ0n) is 16.6. The maximum Gasteiger partial charge on any atom is 0.304 e. The molecule has 2 aromatic rings. The molecular weight excluding hydrogens is 390 g/mol. The summed E-state index contributed by atoms with van der Waals surface area (Å²) in [6.07, 6.45) is 0. The van der Waals surface area contributed by atoms with Gasteiger partial charge in [0.2, 0.25) is 0 Å². The van der Waals surface area contributed by atoms with E-state index in [-0.39, 0.29) is 18.6 Å². The van der Waals surface area contributed by atoms with Crippen molar-refractivity contribution >= 4 is 21.8 Å². The van der Waals surface area contributed by atoms with Crippen molar-refractivity contribution in [3.63, 3.8) is 0 Å². The summed E-state index contributed by atoms with van der Waals surface area (Å²) in [7, 11) is -3.74. The zero-order valence-corrected chi connectivity index (χ0v) is 17.4. The number of piperazine rings is 1. The minimum absolute atomic E-state index is 0.0696. The van der Waals surface area contributed by atoms with Crippen LogP contribution < -0.4 is 20.9 Å². The number of rotatable bonds is 6. The number of nitrogens with zero attached hydrogens (tertiary/aromatic N) is 2. The molecule has 2 atom stereocenters. The van der Waals surface area contributed by atoms with Crippen LogP contribution in [-0.2, 0) is 16.8 Å². The molecule has 1 aliphatic rings. The Morgan fingerprint density at radius 3 is 2.24 bits per heavy atom. The number of anilines is 1. The minimum atomic E-state index is -3.74. The van der Waals surface area contributed by atoms with Crippen molar-refractivity contribution in [3.8, 4) is 0 Å². The first kappa shape index (κ1) is 21.3. The van der Waals surface area contributed by atoms with Crippen LogP contribution in [0.1, 0.15) is 29.8 Å². The van der Waals surface area contributed by atoms with E-state index in [0.717, 1.165) is 5.56 Å². The van der Waals surface area contributed by atoms with Gasteiger partial charge in [-0.25, -0.2) is 5.84 Å². The summed E-state index contributed by atoms with van der Waals surface area (Å²) < 4.78 is 30.0. The van der Waals surface area contributed by atoms with Crippen LogP contribution in [0.2, 0.25) is 0 Å². The highest BCUT2D eigenvalue weighted by Crippen LogP contribution is 2.24. The molecule has 8 nitrogen and oxygen atoms in total. The molecule has 4 N–H and O–H groups in total. The van der Waals surface area contributed by atoms with Crippen molar-refractivity contribution in [2.75, 3.05) is 17.4 Å². The van der Waals surface area contributed by atoms with Gasteiger partial charge in [-0.05, 0) is 43.7 Å². The number of amides is 1. The number of hydrogen-bond acceptors (Lipinski definition) is 5. The maximum atomic E-state index is 13.5. The normalized spacial score (nSPS) is 20.2. The smallest absolute Gasteiger partial charge is 0.304 e. The molecule has 2 aromatic carbocycles. The molecule has 0 bridgehead atoms. The first-order valence-electron chi connectivity index (χ1n) is 9.50. The van der Waals surface area contributed by atoms with Crippen molar-refractivity contribution in [1.82, 2.24) is 15.0 Å². The summed E-state index contributed by atoms with van der Waals surface area (Å²) in [6.45, 7) is 4.93. The topological polar surface area (TPSA) is 108 Å². The fourth-order valence-corrected chi connectivity index (χ4v) is 5.32. The van der Waals surface area contributed by atoms with E-state index in [1.807, 2.05) is 32.0 Å². The second-order valence-corrected chi connectivity index (χ2v) is 9.16. The van der Waals surface area contributed by atoms with Gasteiger partial charge in [0.15, 0.2) is 0 Å². The van der Waals surface area contributed by atoms with Gasteiger partial charge in [-0.15, -0.1) is 0 Å². The van der Waals surface area contributed by atoms with Crippen LogP contribution in [0, 0.1) is 0 Å². The standard InChI is InChI=1S/C20H27N5O3S/c1-15-12-24(13-16(2)22-15)29(27,28)25(19-6-4-3-5-7-19)14-17-8-10-18(11-9-17)20(26)23-21/h3-11,15-16,22H,12-14,21H2,1-2H3,(H,23,26)/t15-,16+. The number of nitrogens with one attached hydrogen (secondary N) is 2. The van der Waals surface area contributed by atoms with E-state index in [0.29, 0.717) is 24.3 Å². The van der Waals surface area contributed by atoms with Gasteiger partial charge in [-0.3, -0.25) is 14.5 Å². The lowest BCUT2D eigenvalue weighted by Gasteiger charge is -2.38.